The quantitative estimate of drug-likeness (QED) is 0.309. The smallest absolute Gasteiger partial charge is 0.0540 e. The third-order valence-electron chi connectivity index (χ3n) is 5.24. The van der Waals surface area contributed by atoms with Crippen LogP contribution in [0.2, 0.25) is 0 Å². The Morgan fingerprint density at radius 2 is 1.14 bits per heavy atom. The zero-order valence-corrected chi connectivity index (χ0v) is 16.1. The van der Waals surface area contributed by atoms with Crippen LogP contribution in [0.4, 0.5) is 0 Å². The fourth-order valence-electron chi connectivity index (χ4n) is 3.84. The molecule has 0 aliphatic carbocycles. The molecule has 29 heavy (non-hydrogen) atoms. The molecule has 0 bridgehead atoms. The molecule has 0 saturated carbocycles. The van der Waals surface area contributed by atoms with Crippen molar-refractivity contribution in [1.29, 1.82) is 0 Å². The predicted octanol–water partition coefficient (Wildman–Crippen LogP) is 7.44. The molecular weight excluding hydrogens is 350 g/mol. The van der Waals surface area contributed by atoms with Gasteiger partial charge in [0, 0.05) is 23.0 Å². The van der Waals surface area contributed by atoms with Crippen molar-refractivity contribution in [1.82, 2.24) is 4.40 Å². The molecule has 0 unspecified atom stereocenters. The number of hydrogen-bond acceptors (Lipinski definition) is 0. The van der Waals surface area contributed by atoms with Crippen molar-refractivity contribution in [2.45, 2.75) is 0 Å². The Labute approximate surface area is 171 Å². The largest absolute Gasteiger partial charge is 0.316 e. The van der Waals surface area contributed by atoms with Crippen LogP contribution in [0.25, 0.3) is 39.9 Å². The average Bonchev–Trinajstić information content (AvgIpc) is 3.20. The lowest BCUT2D eigenvalue weighted by Crippen LogP contribution is -1.88. The van der Waals surface area contributed by atoms with E-state index < -0.39 is 0 Å². The predicted molar refractivity (Wildman–Crippen MR) is 124 cm³/mol. The van der Waals surface area contributed by atoms with Gasteiger partial charge < -0.3 is 4.40 Å². The summed E-state index contributed by atoms with van der Waals surface area (Å²) in [6.07, 6.45) is 6.61. The molecule has 0 amide bonds. The number of benzene rings is 3. The van der Waals surface area contributed by atoms with E-state index in [4.69, 9.17) is 0 Å². The maximum Gasteiger partial charge on any atom is 0.0540 e. The van der Waals surface area contributed by atoms with Gasteiger partial charge in [0.1, 0.15) is 0 Å². The summed E-state index contributed by atoms with van der Waals surface area (Å²) in [6.45, 7) is 0. The Hall–Kier alpha value is -3.84. The van der Waals surface area contributed by atoms with E-state index in [1.165, 1.54) is 33.3 Å². The highest BCUT2D eigenvalue weighted by atomic mass is 14.9. The first kappa shape index (κ1) is 17.3. The van der Waals surface area contributed by atoms with Gasteiger partial charge in [-0.2, -0.15) is 0 Å². The number of rotatable bonds is 4. The molecule has 1 heteroatoms. The normalized spacial score (nSPS) is 11.3. The Balaban J connectivity index is 1.73. The molecule has 5 aromatic rings. The molecule has 2 heterocycles. The van der Waals surface area contributed by atoms with Crippen molar-refractivity contribution < 1.29 is 0 Å². The lowest BCUT2D eigenvalue weighted by molar-refractivity contribution is 1.17. The van der Waals surface area contributed by atoms with Gasteiger partial charge >= 0.3 is 0 Å². The summed E-state index contributed by atoms with van der Waals surface area (Å²) in [5.41, 5.74) is 8.55. The van der Waals surface area contributed by atoms with Gasteiger partial charge in [-0.15, -0.1) is 0 Å². The Morgan fingerprint density at radius 1 is 0.517 bits per heavy atom. The average molecular weight is 371 g/mol. The fraction of sp³-hybridized carbons (Fsp3) is 0. The molecule has 0 aliphatic rings. The van der Waals surface area contributed by atoms with Crippen molar-refractivity contribution in [3.63, 3.8) is 0 Å². The number of fused-ring (bicyclic) bond motifs is 1. The minimum absolute atomic E-state index is 1.16. The van der Waals surface area contributed by atoms with E-state index in [9.17, 15) is 0 Å². The molecule has 2 aromatic heterocycles. The first-order valence-electron chi connectivity index (χ1n) is 9.88. The number of aromatic nitrogens is 1. The fourth-order valence-corrected chi connectivity index (χ4v) is 3.84. The number of nitrogens with zero attached hydrogens (tertiary/aromatic N) is 1. The Morgan fingerprint density at radius 3 is 1.83 bits per heavy atom. The van der Waals surface area contributed by atoms with Crippen LogP contribution in [-0.4, -0.2) is 4.40 Å². The van der Waals surface area contributed by atoms with E-state index in [1.807, 2.05) is 6.07 Å². The molecule has 0 aliphatic heterocycles. The van der Waals surface area contributed by atoms with Crippen molar-refractivity contribution in [3.8, 4) is 22.3 Å². The van der Waals surface area contributed by atoms with Crippen LogP contribution < -0.4 is 0 Å². The van der Waals surface area contributed by atoms with Crippen LogP contribution in [0.5, 0.6) is 0 Å². The summed E-state index contributed by atoms with van der Waals surface area (Å²) >= 11 is 0. The minimum Gasteiger partial charge on any atom is -0.316 e. The number of pyridine rings is 1. The van der Waals surface area contributed by atoms with Gasteiger partial charge in [0.2, 0.25) is 0 Å². The zero-order chi connectivity index (χ0) is 19.5. The first-order valence-corrected chi connectivity index (χ1v) is 9.88. The summed E-state index contributed by atoms with van der Waals surface area (Å²) in [4.78, 5) is 0. The van der Waals surface area contributed by atoms with Gasteiger partial charge in [-0.1, -0.05) is 103 Å². The number of hydrogen-bond donors (Lipinski definition) is 0. The molecule has 138 valence electrons. The third kappa shape index (κ3) is 3.39. The molecule has 5 rings (SSSR count). The minimum atomic E-state index is 1.16. The Bertz CT molecular complexity index is 1260. The van der Waals surface area contributed by atoms with Gasteiger partial charge in [-0.05, 0) is 34.9 Å². The van der Waals surface area contributed by atoms with Gasteiger partial charge in [0.25, 0.3) is 0 Å². The summed E-state index contributed by atoms with van der Waals surface area (Å²) in [5, 5.41) is 0. The third-order valence-corrected chi connectivity index (χ3v) is 5.24. The molecule has 3 aromatic carbocycles. The summed E-state index contributed by atoms with van der Waals surface area (Å²) in [6, 6.07) is 38.2. The van der Waals surface area contributed by atoms with E-state index in [0.29, 0.717) is 0 Å². The second-order valence-electron chi connectivity index (χ2n) is 7.10. The van der Waals surface area contributed by atoms with Crippen LogP contribution in [0, 0.1) is 0 Å². The Kier molecular flexibility index (Phi) is 4.56. The van der Waals surface area contributed by atoms with E-state index in [2.05, 4.69) is 126 Å². The highest BCUT2D eigenvalue weighted by molar-refractivity contribution is 5.95. The van der Waals surface area contributed by atoms with E-state index in [0.717, 1.165) is 5.69 Å². The van der Waals surface area contributed by atoms with Crippen LogP contribution >= 0.6 is 0 Å². The molecule has 0 fully saturated rings. The lowest BCUT2D eigenvalue weighted by atomic mass is 9.98. The van der Waals surface area contributed by atoms with Crippen LogP contribution in [0.3, 0.4) is 0 Å². The SMILES string of the molecule is C(=Cc1cccc2c(-c3ccccc3)c(-c3ccccc3)cn12)c1ccccc1. The van der Waals surface area contributed by atoms with Crippen LogP contribution in [0.15, 0.2) is 115 Å². The standard InChI is InChI=1S/C28H21N/c1-4-11-22(12-5-1)19-20-25-17-10-18-27-28(24-15-8-3-9-16-24)26(21-29(25)27)23-13-6-2-7-14-23/h1-21H. The van der Waals surface area contributed by atoms with Gasteiger partial charge in [0.05, 0.1) is 5.52 Å². The second-order valence-corrected chi connectivity index (χ2v) is 7.10. The first-order chi connectivity index (χ1) is 14.4. The molecule has 0 saturated heterocycles. The summed E-state index contributed by atoms with van der Waals surface area (Å²) in [7, 11) is 0. The lowest BCUT2D eigenvalue weighted by Gasteiger charge is -2.06. The van der Waals surface area contributed by atoms with Crippen molar-refractivity contribution >= 4 is 17.7 Å². The molecule has 1 nitrogen and oxygen atoms in total. The highest BCUT2D eigenvalue weighted by Crippen LogP contribution is 2.37. The van der Waals surface area contributed by atoms with Crippen LogP contribution in [-0.2, 0) is 0 Å². The molecule has 0 radical (unpaired) electrons. The molecular formula is C28H21N. The summed E-state index contributed by atoms with van der Waals surface area (Å²) < 4.78 is 2.30. The van der Waals surface area contributed by atoms with Crippen LogP contribution in [0.1, 0.15) is 11.3 Å². The molecule has 0 N–H and O–H groups in total. The van der Waals surface area contributed by atoms with Crippen molar-refractivity contribution in [2.75, 3.05) is 0 Å². The maximum atomic E-state index is 2.30. The van der Waals surface area contributed by atoms with Gasteiger partial charge in [-0.25, -0.2) is 0 Å². The highest BCUT2D eigenvalue weighted by Gasteiger charge is 2.15. The molecule has 0 atom stereocenters. The van der Waals surface area contributed by atoms with Crippen molar-refractivity contribution in [2.24, 2.45) is 0 Å². The van der Waals surface area contributed by atoms with Gasteiger partial charge in [-0.3, -0.25) is 0 Å². The second kappa shape index (κ2) is 7.65. The van der Waals surface area contributed by atoms with Gasteiger partial charge in [0.15, 0.2) is 0 Å². The van der Waals surface area contributed by atoms with E-state index in [1.54, 1.807) is 0 Å². The molecule has 0 spiro atoms. The maximum absolute atomic E-state index is 2.30. The summed E-state index contributed by atoms with van der Waals surface area (Å²) in [5.74, 6) is 0. The monoisotopic (exact) mass is 371 g/mol. The van der Waals surface area contributed by atoms with E-state index in [-0.39, 0.29) is 0 Å². The van der Waals surface area contributed by atoms with E-state index >= 15 is 0 Å². The van der Waals surface area contributed by atoms with Crippen molar-refractivity contribution in [3.05, 3.63) is 127 Å². The topological polar surface area (TPSA) is 4.41 Å². The zero-order valence-electron chi connectivity index (χ0n) is 16.1.